The van der Waals surface area contributed by atoms with E-state index in [4.69, 9.17) is 0 Å². The molecule has 0 aliphatic rings. The van der Waals surface area contributed by atoms with Crippen molar-refractivity contribution >= 4 is 5.91 Å². The van der Waals surface area contributed by atoms with E-state index in [2.05, 4.69) is 43.5 Å². The van der Waals surface area contributed by atoms with Crippen LogP contribution < -0.4 is 5.32 Å². The molecule has 0 spiro atoms. The average Bonchev–Trinajstić information content (AvgIpc) is 3.20. The van der Waals surface area contributed by atoms with Gasteiger partial charge in [0.15, 0.2) is 0 Å². The smallest absolute Gasteiger partial charge is 0.222 e. The molecule has 3 atom stereocenters. The quantitative estimate of drug-likeness (QED) is 0.0365. The van der Waals surface area contributed by atoms with Crippen molar-refractivity contribution in [2.75, 3.05) is 6.61 Å². The van der Waals surface area contributed by atoms with Gasteiger partial charge in [-0.1, -0.05) is 249 Å². The monoisotopic (exact) mass is 802 g/mol. The lowest BCUT2D eigenvalue weighted by Gasteiger charge is -2.21. The fourth-order valence-electron chi connectivity index (χ4n) is 7.79. The Balaban J connectivity index is 3.66. The zero-order valence-electron chi connectivity index (χ0n) is 38.2. The molecule has 0 rings (SSSR count). The molecule has 0 radical (unpaired) electrons. The Kier molecular flexibility index (Phi) is 46.1. The lowest BCUT2D eigenvalue weighted by Crippen LogP contribution is -2.45. The van der Waals surface area contributed by atoms with Crippen molar-refractivity contribution in [2.45, 2.75) is 283 Å². The lowest BCUT2D eigenvalue weighted by atomic mass is 10.0. The summed E-state index contributed by atoms with van der Waals surface area (Å²) in [6, 6.07) is -0.766. The van der Waals surface area contributed by atoms with Gasteiger partial charge in [-0.3, -0.25) is 4.79 Å². The number of hydrogen-bond acceptors (Lipinski definition) is 4. The van der Waals surface area contributed by atoms with Crippen LogP contribution in [0.25, 0.3) is 0 Å². The van der Waals surface area contributed by atoms with Gasteiger partial charge in [-0.05, 0) is 44.9 Å². The van der Waals surface area contributed by atoms with E-state index in [1.807, 2.05) is 6.08 Å². The highest BCUT2D eigenvalue weighted by molar-refractivity contribution is 5.76. The first-order chi connectivity index (χ1) is 28.0. The summed E-state index contributed by atoms with van der Waals surface area (Å²) < 4.78 is 0. The second-order valence-electron chi connectivity index (χ2n) is 17.4. The molecule has 0 aliphatic heterocycles. The number of carbonyl (C=O) groups excluding carboxylic acids is 1. The fourth-order valence-corrected chi connectivity index (χ4v) is 7.79. The maximum atomic E-state index is 12.5. The van der Waals surface area contributed by atoms with Crippen LogP contribution in [-0.4, -0.2) is 46.1 Å². The lowest BCUT2D eigenvalue weighted by molar-refractivity contribution is -0.124. The number of nitrogens with one attached hydrogen (secondary N) is 1. The van der Waals surface area contributed by atoms with Gasteiger partial charge in [-0.25, -0.2) is 0 Å². The van der Waals surface area contributed by atoms with E-state index >= 15 is 0 Å². The van der Waals surface area contributed by atoms with Crippen LogP contribution in [-0.2, 0) is 4.79 Å². The molecule has 1 amide bonds. The second kappa shape index (κ2) is 47.3. The zero-order chi connectivity index (χ0) is 41.5. The van der Waals surface area contributed by atoms with Gasteiger partial charge in [0.05, 0.1) is 31.3 Å². The minimum atomic E-state index is -0.958. The molecule has 4 N–H and O–H groups in total. The van der Waals surface area contributed by atoms with Gasteiger partial charge in [-0.2, -0.15) is 0 Å². The molecule has 0 bridgehead atoms. The third-order valence-electron chi connectivity index (χ3n) is 11.7. The molecule has 0 saturated carbocycles. The van der Waals surface area contributed by atoms with Crippen molar-refractivity contribution in [3.05, 3.63) is 36.5 Å². The number of unbranched alkanes of at least 4 members (excludes halogenated alkanes) is 33. The molecule has 0 heterocycles. The Hall–Kier alpha value is -1.43. The molecule has 0 aromatic rings. The first-order valence-corrected chi connectivity index (χ1v) is 25.3. The third-order valence-corrected chi connectivity index (χ3v) is 11.7. The molecular formula is C52H99NO4. The molecule has 5 nitrogen and oxygen atoms in total. The van der Waals surface area contributed by atoms with Gasteiger partial charge in [-0.15, -0.1) is 0 Å². The summed E-state index contributed by atoms with van der Waals surface area (Å²) in [6.45, 7) is 4.22. The van der Waals surface area contributed by atoms with Crippen molar-refractivity contribution in [1.82, 2.24) is 5.32 Å². The van der Waals surface area contributed by atoms with E-state index in [1.54, 1.807) is 6.08 Å². The van der Waals surface area contributed by atoms with Gasteiger partial charge >= 0.3 is 0 Å². The molecule has 57 heavy (non-hydrogen) atoms. The second-order valence-corrected chi connectivity index (χ2v) is 17.4. The van der Waals surface area contributed by atoms with Crippen LogP contribution in [0.2, 0.25) is 0 Å². The maximum Gasteiger partial charge on any atom is 0.222 e. The average molecular weight is 802 g/mol. The summed E-state index contributed by atoms with van der Waals surface area (Å²) in [6.07, 6.45) is 60.2. The van der Waals surface area contributed by atoms with Crippen molar-refractivity contribution in [3.8, 4) is 0 Å². The van der Waals surface area contributed by atoms with Crippen LogP contribution in [0.5, 0.6) is 0 Å². The van der Waals surface area contributed by atoms with Crippen LogP contribution >= 0.6 is 0 Å². The molecule has 3 unspecified atom stereocenters. The molecule has 0 aliphatic carbocycles. The number of carbonyl (C=O) groups is 1. The first-order valence-electron chi connectivity index (χ1n) is 25.3. The van der Waals surface area contributed by atoms with E-state index in [-0.39, 0.29) is 18.9 Å². The number of hydrogen-bond donors (Lipinski definition) is 4. The highest BCUT2D eigenvalue weighted by atomic mass is 16.3. The van der Waals surface area contributed by atoms with Gasteiger partial charge < -0.3 is 20.6 Å². The minimum Gasteiger partial charge on any atom is -0.394 e. The molecule has 0 fully saturated rings. The first kappa shape index (κ1) is 55.6. The van der Waals surface area contributed by atoms with E-state index in [0.29, 0.717) is 6.42 Å². The number of aliphatic hydroxyl groups is 3. The molecule has 336 valence electrons. The van der Waals surface area contributed by atoms with E-state index < -0.39 is 18.2 Å². The van der Waals surface area contributed by atoms with E-state index in [9.17, 15) is 20.1 Å². The topological polar surface area (TPSA) is 89.8 Å². The van der Waals surface area contributed by atoms with Gasteiger partial charge in [0.25, 0.3) is 0 Å². The van der Waals surface area contributed by atoms with Crippen molar-refractivity contribution < 1.29 is 20.1 Å². The van der Waals surface area contributed by atoms with Crippen molar-refractivity contribution in [1.29, 1.82) is 0 Å². The Bertz CT molecular complexity index is 885. The Morgan fingerprint density at radius 2 is 0.754 bits per heavy atom. The van der Waals surface area contributed by atoms with Crippen molar-refractivity contribution in [3.63, 3.8) is 0 Å². The Labute approximate surface area is 355 Å². The fraction of sp³-hybridized carbons (Fsp3) is 0.865. The summed E-state index contributed by atoms with van der Waals surface area (Å²) >= 11 is 0. The van der Waals surface area contributed by atoms with Gasteiger partial charge in [0.1, 0.15) is 0 Å². The standard InChI is InChI=1S/C52H99NO4/c1-3-5-7-9-11-13-15-17-19-21-23-25-27-29-31-33-35-37-39-41-43-45-49(55)47-52(57)53-50(48-54)51(56)46-44-42-40-38-36-34-32-30-28-26-24-22-20-18-16-14-12-10-8-6-4-2/h28,30,36,38,44,46,49-51,54-56H,3-27,29,31-35,37,39-43,45,47-48H2,1-2H3,(H,53,57)/b30-28+,38-36+,46-44+. The Morgan fingerprint density at radius 1 is 0.439 bits per heavy atom. The molecule has 0 aromatic carbocycles. The van der Waals surface area contributed by atoms with Crippen LogP contribution in [0.3, 0.4) is 0 Å². The minimum absolute atomic E-state index is 0.00542. The predicted molar refractivity (Wildman–Crippen MR) is 250 cm³/mol. The largest absolute Gasteiger partial charge is 0.394 e. The zero-order valence-corrected chi connectivity index (χ0v) is 38.2. The number of aliphatic hydroxyl groups excluding tert-OH is 3. The number of allylic oxidation sites excluding steroid dienone is 5. The Morgan fingerprint density at radius 3 is 1.12 bits per heavy atom. The van der Waals surface area contributed by atoms with Crippen molar-refractivity contribution in [2.24, 2.45) is 0 Å². The van der Waals surface area contributed by atoms with Gasteiger partial charge in [0.2, 0.25) is 5.91 Å². The number of amides is 1. The summed E-state index contributed by atoms with van der Waals surface area (Å²) in [4.78, 5) is 12.5. The molecule has 5 heteroatoms. The third kappa shape index (κ3) is 44.0. The molecule has 0 aromatic heterocycles. The maximum absolute atomic E-state index is 12.5. The SMILES string of the molecule is CCCCCCCCCCCCC/C=C/CC/C=C/CC/C=C/C(O)C(CO)NC(=O)CC(O)CCCCCCCCCCCCCCCCCCCCCCC. The summed E-state index contributed by atoms with van der Waals surface area (Å²) in [5, 5.41) is 33.3. The molecule has 0 saturated heterocycles. The van der Waals surface area contributed by atoms with E-state index in [0.717, 1.165) is 38.5 Å². The molecular weight excluding hydrogens is 703 g/mol. The predicted octanol–water partition coefficient (Wildman–Crippen LogP) is 15.1. The van der Waals surface area contributed by atoms with E-state index in [1.165, 1.54) is 199 Å². The number of rotatable bonds is 46. The summed E-state index contributed by atoms with van der Waals surface area (Å²) in [5.41, 5.74) is 0. The van der Waals surface area contributed by atoms with Crippen LogP contribution in [0.1, 0.15) is 264 Å². The van der Waals surface area contributed by atoms with Gasteiger partial charge in [0, 0.05) is 0 Å². The summed E-state index contributed by atoms with van der Waals surface area (Å²) in [5.74, 6) is -0.326. The summed E-state index contributed by atoms with van der Waals surface area (Å²) in [7, 11) is 0. The normalized spacial score (nSPS) is 13.7. The van der Waals surface area contributed by atoms with Crippen LogP contribution in [0.4, 0.5) is 0 Å². The van der Waals surface area contributed by atoms with Crippen LogP contribution in [0.15, 0.2) is 36.5 Å². The highest BCUT2D eigenvalue weighted by Gasteiger charge is 2.20. The highest BCUT2D eigenvalue weighted by Crippen LogP contribution is 2.17. The van der Waals surface area contributed by atoms with Crippen LogP contribution in [0, 0.1) is 0 Å².